The Morgan fingerprint density at radius 1 is 1.13 bits per heavy atom. The fourth-order valence-electron chi connectivity index (χ4n) is 1.11. The van der Waals surface area contributed by atoms with Gasteiger partial charge in [0.2, 0.25) is 0 Å². The first-order valence-corrected chi connectivity index (χ1v) is 4.98. The van der Waals surface area contributed by atoms with Gasteiger partial charge in [-0.05, 0) is 0 Å². The van der Waals surface area contributed by atoms with Gasteiger partial charge in [-0.1, -0.05) is 30.3 Å². The average molecular weight is 352 g/mol. The van der Waals surface area contributed by atoms with Gasteiger partial charge in [-0.15, -0.1) is 45.3 Å². The third kappa shape index (κ3) is 3.68. The Kier molecular flexibility index (Phi) is 7.00. The molecule has 0 aliphatic heterocycles. The molecular weight excluding hydrogens is 340 g/mol. The maximum Gasteiger partial charge on any atom is 0.123 e. The Bertz CT molecular complexity index is 389. The van der Waals surface area contributed by atoms with E-state index < -0.39 is 0 Å². The van der Waals surface area contributed by atoms with E-state index in [-0.39, 0.29) is 34.0 Å². The molecule has 2 N–H and O–H groups in total. The Balaban J connectivity index is 0.000000980. The van der Waals surface area contributed by atoms with Crippen molar-refractivity contribution in [2.24, 2.45) is 5.73 Å². The minimum Gasteiger partial charge on any atom is -0.325 e. The van der Waals surface area contributed by atoms with Crippen LogP contribution in [0.3, 0.4) is 0 Å². The van der Waals surface area contributed by atoms with Gasteiger partial charge in [-0.2, -0.15) is 0 Å². The highest BCUT2D eigenvalue weighted by atomic mass is 79.9. The summed E-state index contributed by atoms with van der Waals surface area (Å²) in [5.74, 6) is 0. The van der Waals surface area contributed by atoms with E-state index in [4.69, 9.17) is 5.73 Å². The summed E-state index contributed by atoms with van der Waals surface area (Å²) in [5.41, 5.74) is 7.61. The number of halogens is 2. The molecule has 5 heteroatoms. The number of hydrogen-bond acceptors (Lipinski definition) is 3. The molecule has 1 aromatic carbocycles. The predicted molar refractivity (Wildman–Crippen MR) is 76.1 cm³/mol. The van der Waals surface area contributed by atoms with Gasteiger partial charge in [-0.3, -0.25) is 0 Å². The van der Waals surface area contributed by atoms with Crippen molar-refractivity contribution in [2.45, 2.75) is 6.54 Å². The standard InChI is InChI=1S/C10H10N2S.2BrH/c11-6-9-7-13-10(12-9)8-4-2-1-3-5-8;;/h1-5,7H,6,11H2;2*1H. The molecule has 0 radical (unpaired) electrons. The molecule has 82 valence electrons. The Labute approximate surface area is 114 Å². The maximum absolute atomic E-state index is 5.49. The van der Waals surface area contributed by atoms with Gasteiger partial charge in [0.15, 0.2) is 0 Å². The summed E-state index contributed by atoms with van der Waals surface area (Å²) in [6, 6.07) is 10.1. The van der Waals surface area contributed by atoms with Gasteiger partial charge in [0.1, 0.15) is 5.01 Å². The molecule has 15 heavy (non-hydrogen) atoms. The number of aromatic nitrogens is 1. The molecule has 2 rings (SSSR count). The molecular formula is C10H12Br2N2S. The van der Waals surface area contributed by atoms with Crippen molar-refractivity contribution in [1.82, 2.24) is 4.98 Å². The molecule has 0 aliphatic carbocycles. The number of nitrogens with two attached hydrogens (primary N) is 1. The van der Waals surface area contributed by atoms with Crippen LogP contribution in [0.1, 0.15) is 5.69 Å². The van der Waals surface area contributed by atoms with Crippen molar-refractivity contribution >= 4 is 45.3 Å². The minimum atomic E-state index is 0. The number of benzene rings is 1. The zero-order chi connectivity index (χ0) is 9.10. The quantitative estimate of drug-likeness (QED) is 0.900. The van der Waals surface area contributed by atoms with Crippen molar-refractivity contribution in [3.8, 4) is 10.6 Å². The molecule has 2 nitrogen and oxygen atoms in total. The van der Waals surface area contributed by atoms with E-state index in [1.54, 1.807) is 11.3 Å². The zero-order valence-electron chi connectivity index (χ0n) is 7.92. The van der Waals surface area contributed by atoms with Crippen molar-refractivity contribution in [3.63, 3.8) is 0 Å². The lowest BCUT2D eigenvalue weighted by Gasteiger charge is -1.93. The first kappa shape index (κ1) is 14.8. The van der Waals surface area contributed by atoms with E-state index in [0.29, 0.717) is 6.54 Å². The second-order valence-corrected chi connectivity index (χ2v) is 3.57. The van der Waals surface area contributed by atoms with Gasteiger partial charge in [-0.25, -0.2) is 4.98 Å². The van der Waals surface area contributed by atoms with Crippen LogP contribution in [0, 0.1) is 0 Å². The van der Waals surface area contributed by atoms with Crippen LogP contribution in [0.4, 0.5) is 0 Å². The molecule has 0 spiro atoms. The maximum atomic E-state index is 5.49. The van der Waals surface area contributed by atoms with E-state index in [0.717, 1.165) is 16.3 Å². The van der Waals surface area contributed by atoms with Gasteiger partial charge in [0.25, 0.3) is 0 Å². The van der Waals surface area contributed by atoms with Crippen LogP contribution in [0.5, 0.6) is 0 Å². The SMILES string of the molecule is Br.Br.NCc1csc(-c2ccccc2)n1. The molecule has 0 saturated carbocycles. The topological polar surface area (TPSA) is 38.9 Å². The largest absolute Gasteiger partial charge is 0.325 e. The Morgan fingerprint density at radius 3 is 2.33 bits per heavy atom. The summed E-state index contributed by atoms with van der Waals surface area (Å²) >= 11 is 1.64. The van der Waals surface area contributed by atoms with E-state index in [2.05, 4.69) is 17.1 Å². The lowest BCUT2D eigenvalue weighted by Crippen LogP contribution is -1.95. The molecule has 0 saturated heterocycles. The fourth-order valence-corrected chi connectivity index (χ4v) is 1.95. The molecule has 2 aromatic rings. The Morgan fingerprint density at radius 2 is 1.80 bits per heavy atom. The summed E-state index contributed by atoms with van der Waals surface area (Å²) in [6.07, 6.45) is 0. The highest BCUT2D eigenvalue weighted by Crippen LogP contribution is 2.22. The predicted octanol–water partition coefficient (Wildman–Crippen LogP) is 3.42. The summed E-state index contributed by atoms with van der Waals surface area (Å²) in [4.78, 5) is 4.39. The lowest BCUT2D eigenvalue weighted by molar-refractivity contribution is 1.01. The average Bonchev–Trinajstić information content (AvgIpc) is 2.67. The third-order valence-electron chi connectivity index (χ3n) is 1.78. The second kappa shape index (κ2) is 7.11. The van der Waals surface area contributed by atoms with E-state index in [9.17, 15) is 0 Å². The summed E-state index contributed by atoms with van der Waals surface area (Å²) in [7, 11) is 0. The molecule has 0 aliphatic rings. The normalized spacial score (nSPS) is 8.87. The summed E-state index contributed by atoms with van der Waals surface area (Å²) < 4.78 is 0. The first-order valence-electron chi connectivity index (χ1n) is 4.10. The van der Waals surface area contributed by atoms with Crippen LogP contribution in [-0.2, 0) is 6.54 Å². The van der Waals surface area contributed by atoms with E-state index in [1.807, 2.05) is 23.6 Å². The molecule has 0 bridgehead atoms. The van der Waals surface area contributed by atoms with Crippen molar-refractivity contribution in [3.05, 3.63) is 41.4 Å². The monoisotopic (exact) mass is 350 g/mol. The number of rotatable bonds is 2. The minimum absolute atomic E-state index is 0. The zero-order valence-corrected chi connectivity index (χ0v) is 12.2. The molecule has 0 unspecified atom stereocenters. The fraction of sp³-hybridized carbons (Fsp3) is 0.100. The number of thiazole rings is 1. The van der Waals surface area contributed by atoms with Crippen molar-refractivity contribution in [2.75, 3.05) is 0 Å². The van der Waals surface area contributed by atoms with Crippen LogP contribution in [-0.4, -0.2) is 4.98 Å². The summed E-state index contributed by atoms with van der Waals surface area (Å²) in [6.45, 7) is 0.517. The van der Waals surface area contributed by atoms with E-state index in [1.165, 1.54) is 0 Å². The van der Waals surface area contributed by atoms with Crippen LogP contribution in [0.25, 0.3) is 10.6 Å². The van der Waals surface area contributed by atoms with Gasteiger partial charge >= 0.3 is 0 Å². The van der Waals surface area contributed by atoms with Crippen LogP contribution in [0.15, 0.2) is 35.7 Å². The molecule has 0 fully saturated rings. The number of nitrogens with zero attached hydrogens (tertiary/aromatic N) is 1. The summed E-state index contributed by atoms with van der Waals surface area (Å²) in [5, 5.41) is 3.04. The highest BCUT2D eigenvalue weighted by molar-refractivity contribution is 8.93. The van der Waals surface area contributed by atoms with Crippen LogP contribution in [0.2, 0.25) is 0 Å². The Hall–Kier alpha value is -0.230. The number of hydrogen-bond donors (Lipinski definition) is 1. The smallest absolute Gasteiger partial charge is 0.123 e. The second-order valence-electron chi connectivity index (χ2n) is 2.71. The van der Waals surface area contributed by atoms with Crippen molar-refractivity contribution < 1.29 is 0 Å². The lowest BCUT2D eigenvalue weighted by atomic mass is 10.2. The molecule has 0 atom stereocenters. The van der Waals surface area contributed by atoms with Gasteiger partial charge < -0.3 is 5.73 Å². The highest BCUT2D eigenvalue weighted by Gasteiger charge is 2.01. The third-order valence-corrected chi connectivity index (χ3v) is 2.72. The van der Waals surface area contributed by atoms with Crippen LogP contribution < -0.4 is 5.73 Å². The van der Waals surface area contributed by atoms with E-state index >= 15 is 0 Å². The van der Waals surface area contributed by atoms with Crippen LogP contribution >= 0.6 is 45.3 Å². The molecule has 0 amide bonds. The first-order chi connectivity index (χ1) is 6.40. The van der Waals surface area contributed by atoms with Crippen molar-refractivity contribution in [1.29, 1.82) is 0 Å². The molecule has 1 heterocycles. The van der Waals surface area contributed by atoms with Gasteiger partial charge in [0.05, 0.1) is 5.69 Å². The van der Waals surface area contributed by atoms with Gasteiger partial charge in [0, 0.05) is 17.5 Å². The molecule has 1 aromatic heterocycles.